The highest BCUT2D eigenvalue weighted by atomic mass is 28.4. The second-order valence-electron chi connectivity index (χ2n) is 8.54. The minimum absolute atomic E-state index is 0.00181. The molecule has 1 amide bonds. The summed E-state index contributed by atoms with van der Waals surface area (Å²) in [6.45, 7) is 12.5. The molecule has 0 N–H and O–H groups in total. The molecule has 0 spiro atoms. The van der Waals surface area contributed by atoms with Crippen LogP contribution in [0, 0.1) is 0 Å². The van der Waals surface area contributed by atoms with Crippen LogP contribution in [0.15, 0.2) is 30.3 Å². The Kier molecular flexibility index (Phi) is 6.88. The smallest absolute Gasteiger partial charge is 0.410 e. The summed E-state index contributed by atoms with van der Waals surface area (Å²) in [4.78, 5) is 14.4. The number of benzene rings is 1. The van der Waals surface area contributed by atoms with Crippen LogP contribution >= 0.6 is 0 Å². The van der Waals surface area contributed by atoms with Gasteiger partial charge in [-0.1, -0.05) is 51.1 Å². The van der Waals surface area contributed by atoms with E-state index >= 15 is 0 Å². The molecule has 0 aliphatic carbocycles. The van der Waals surface area contributed by atoms with Gasteiger partial charge in [-0.05, 0) is 30.1 Å². The first-order valence-electron chi connectivity index (χ1n) is 9.28. The van der Waals surface area contributed by atoms with Gasteiger partial charge in [0.15, 0.2) is 8.32 Å². The Morgan fingerprint density at radius 3 is 2.46 bits per heavy atom. The van der Waals surface area contributed by atoms with Gasteiger partial charge in [0.05, 0.1) is 18.8 Å². The third kappa shape index (κ3) is 5.31. The molecule has 5 nitrogen and oxygen atoms in total. The fourth-order valence-electron chi connectivity index (χ4n) is 2.93. The average molecular weight is 380 g/mol. The van der Waals surface area contributed by atoms with Crippen molar-refractivity contribution < 1.29 is 18.7 Å². The first kappa shape index (κ1) is 20.9. The van der Waals surface area contributed by atoms with Gasteiger partial charge in [-0.2, -0.15) is 0 Å². The van der Waals surface area contributed by atoms with Crippen LogP contribution in [0.5, 0.6) is 0 Å². The molecule has 1 aromatic carbocycles. The topological polar surface area (TPSA) is 48.0 Å². The molecular formula is C20H33NO4Si. The molecule has 1 fully saturated rings. The summed E-state index contributed by atoms with van der Waals surface area (Å²) < 4.78 is 17.4. The highest BCUT2D eigenvalue weighted by molar-refractivity contribution is 6.74. The number of nitrogens with zero attached hydrogens (tertiary/aromatic N) is 1. The van der Waals surface area contributed by atoms with Crippen molar-refractivity contribution in [3.05, 3.63) is 35.9 Å². The zero-order valence-electron chi connectivity index (χ0n) is 17.0. The maximum Gasteiger partial charge on any atom is 0.410 e. The Bertz CT molecular complexity index is 585. The number of carbonyl (C=O) groups is 1. The zero-order chi connectivity index (χ0) is 19.4. The van der Waals surface area contributed by atoms with E-state index in [1.807, 2.05) is 30.3 Å². The highest BCUT2D eigenvalue weighted by Crippen LogP contribution is 2.39. The lowest BCUT2D eigenvalue weighted by Crippen LogP contribution is -2.45. The van der Waals surface area contributed by atoms with Crippen molar-refractivity contribution in [2.45, 2.75) is 64.1 Å². The van der Waals surface area contributed by atoms with E-state index in [-0.39, 0.29) is 29.9 Å². The normalized spacial score (nSPS) is 21.1. The molecule has 1 aromatic rings. The van der Waals surface area contributed by atoms with Crippen LogP contribution in [0.25, 0.3) is 0 Å². The lowest BCUT2D eigenvalue weighted by Gasteiger charge is -2.38. The molecule has 6 heteroatoms. The minimum atomic E-state index is -1.88. The molecule has 0 saturated carbocycles. The number of hydrogen-bond acceptors (Lipinski definition) is 4. The van der Waals surface area contributed by atoms with Crippen LogP contribution in [0.1, 0.15) is 32.8 Å². The molecule has 1 saturated heterocycles. The van der Waals surface area contributed by atoms with E-state index < -0.39 is 8.32 Å². The average Bonchev–Trinajstić information content (AvgIpc) is 2.95. The quantitative estimate of drug-likeness (QED) is 0.686. The fourth-order valence-corrected chi connectivity index (χ4v) is 4.29. The molecule has 0 bridgehead atoms. The van der Waals surface area contributed by atoms with E-state index in [9.17, 15) is 4.79 Å². The third-order valence-electron chi connectivity index (χ3n) is 5.44. The summed E-state index contributed by atoms with van der Waals surface area (Å²) in [6.07, 6.45) is 0.540. The summed E-state index contributed by atoms with van der Waals surface area (Å²) >= 11 is 0. The number of ether oxygens (including phenoxy) is 2. The van der Waals surface area contributed by atoms with E-state index in [4.69, 9.17) is 13.9 Å². The van der Waals surface area contributed by atoms with Crippen LogP contribution in [0.2, 0.25) is 18.1 Å². The van der Waals surface area contributed by atoms with Crippen LogP contribution in [0.3, 0.4) is 0 Å². The fraction of sp³-hybridized carbons (Fsp3) is 0.650. The van der Waals surface area contributed by atoms with E-state index in [0.29, 0.717) is 13.2 Å². The molecule has 2 rings (SSSR count). The maximum absolute atomic E-state index is 12.6. The number of methoxy groups -OCH3 is 1. The second-order valence-corrected chi connectivity index (χ2v) is 13.3. The predicted octanol–water partition coefficient (Wildman–Crippen LogP) is 4.43. The van der Waals surface area contributed by atoms with E-state index in [1.54, 1.807) is 12.0 Å². The lowest BCUT2D eigenvalue weighted by molar-refractivity contribution is 0.0690. The number of likely N-dealkylation sites (tertiary alicyclic amines) is 1. The summed E-state index contributed by atoms with van der Waals surface area (Å²) in [5, 5.41) is 0.144. The van der Waals surface area contributed by atoms with Gasteiger partial charge in [0.25, 0.3) is 0 Å². The van der Waals surface area contributed by atoms with E-state index in [2.05, 4.69) is 33.9 Å². The summed E-state index contributed by atoms with van der Waals surface area (Å²) in [7, 11) is -0.215. The molecule has 2 atom stereocenters. The van der Waals surface area contributed by atoms with Crippen LogP contribution in [-0.4, -0.2) is 51.7 Å². The van der Waals surface area contributed by atoms with Crippen molar-refractivity contribution in [3.8, 4) is 0 Å². The standard InChI is InChI=1S/C20H33NO4Si/c1-20(2,3)26(5,6)25-18-12-17(15-23-4)21(13-18)19(22)24-14-16-10-8-7-9-11-16/h7-11,17-18H,12-15H2,1-6H3/t17-,18+/m0/s1. The largest absolute Gasteiger partial charge is 0.445 e. The summed E-state index contributed by atoms with van der Waals surface area (Å²) in [5.41, 5.74) is 0.984. The summed E-state index contributed by atoms with van der Waals surface area (Å²) in [6, 6.07) is 9.73. The molecule has 26 heavy (non-hydrogen) atoms. The molecule has 0 unspecified atom stereocenters. The van der Waals surface area contributed by atoms with E-state index in [0.717, 1.165) is 12.0 Å². The molecule has 1 aliphatic rings. The van der Waals surface area contributed by atoms with Gasteiger partial charge in [-0.25, -0.2) is 4.79 Å². The number of carbonyl (C=O) groups excluding carboxylic acids is 1. The Labute approximate surface area is 158 Å². The van der Waals surface area contributed by atoms with Crippen LogP contribution in [0.4, 0.5) is 4.79 Å². The van der Waals surface area contributed by atoms with Crippen molar-refractivity contribution >= 4 is 14.4 Å². The van der Waals surface area contributed by atoms with Crippen molar-refractivity contribution in [2.24, 2.45) is 0 Å². The maximum atomic E-state index is 12.6. The van der Waals surface area contributed by atoms with Crippen molar-refractivity contribution in [1.29, 1.82) is 0 Å². The third-order valence-corrected chi connectivity index (χ3v) is 9.98. The van der Waals surface area contributed by atoms with Crippen molar-refractivity contribution in [3.63, 3.8) is 0 Å². The molecule has 1 heterocycles. The Hall–Kier alpha value is -1.37. The number of hydrogen-bond donors (Lipinski definition) is 0. The Morgan fingerprint density at radius 2 is 1.88 bits per heavy atom. The number of amides is 1. The first-order chi connectivity index (χ1) is 12.1. The first-order valence-corrected chi connectivity index (χ1v) is 12.2. The van der Waals surface area contributed by atoms with Gasteiger partial charge in [0, 0.05) is 13.7 Å². The number of rotatable bonds is 6. The molecular weight excluding hydrogens is 346 g/mol. The monoisotopic (exact) mass is 379 g/mol. The molecule has 0 radical (unpaired) electrons. The van der Waals surface area contributed by atoms with Gasteiger partial charge >= 0.3 is 6.09 Å². The Balaban J connectivity index is 1.98. The molecule has 146 valence electrons. The molecule has 1 aliphatic heterocycles. The van der Waals surface area contributed by atoms with Crippen molar-refractivity contribution in [2.75, 3.05) is 20.3 Å². The minimum Gasteiger partial charge on any atom is -0.445 e. The van der Waals surface area contributed by atoms with Gasteiger partial charge < -0.3 is 18.8 Å². The van der Waals surface area contributed by atoms with Crippen LogP contribution < -0.4 is 0 Å². The van der Waals surface area contributed by atoms with Crippen LogP contribution in [-0.2, 0) is 20.5 Å². The highest BCUT2D eigenvalue weighted by Gasteiger charge is 2.43. The predicted molar refractivity (Wildman–Crippen MR) is 106 cm³/mol. The van der Waals surface area contributed by atoms with Gasteiger partial charge in [-0.15, -0.1) is 0 Å². The molecule has 0 aromatic heterocycles. The zero-order valence-corrected chi connectivity index (χ0v) is 18.0. The van der Waals surface area contributed by atoms with Crippen molar-refractivity contribution in [1.82, 2.24) is 4.90 Å². The van der Waals surface area contributed by atoms with E-state index in [1.165, 1.54) is 0 Å². The second kappa shape index (κ2) is 8.54. The van der Waals surface area contributed by atoms with Gasteiger partial charge in [-0.3, -0.25) is 0 Å². The lowest BCUT2D eigenvalue weighted by atomic mass is 10.2. The Morgan fingerprint density at radius 1 is 1.23 bits per heavy atom. The van der Waals surface area contributed by atoms with Gasteiger partial charge in [0.1, 0.15) is 6.61 Å². The summed E-state index contributed by atoms with van der Waals surface area (Å²) in [5.74, 6) is 0. The van der Waals surface area contributed by atoms with Gasteiger partial charge in [0.2, 0.25) is 0 Å². The SMILES string of the molecule is COC[C@@H]1C[C@@H](O[Si](C)(C)C(C)(C)C)CN1C(=O)OCc1ccccc1.